The van der Waals surface area contributed by atoms with E-state index in [0.29, 0.717) is 17.9 Å². The maximum atomic E-state index is 13.6. The van der Waals surface area contributed by atoms with E-state index < -0.39 is 0 Å². The first kappa shape index (κ1) is 14.5. The fraction of sp³-hybridized carbons (Fsp3) is 0.353. The summed E-state index contributed by atoms with van der Waals surface area (Å²) in [4.78, 5) is 1.91. The molecule has 112 valence electrons. The van der Waals surface area contributed by atoms with Crippen molar-refractivity contribution >= 4 is 11.5 Å². The van der Waals surface area contributed by atoms with Crippen LogP contribution in [0.15, 0.2) is 18.2 Å². The molecule has 4 nitrogen and oxygen atoms in total. The highest BCUT2D eigenvalue weighted by molar-refractivity contribution is 5.72. The summed E-state index contributed by atoms with van der Waals surface area (Å²) in [7, 11) is 0. The van der Waals surface area contributed by atoms with Gasteiger partial charge >= 0.3 is 0 Å². The molecular formula is C17H17FN4. The molecule has 2 aromatic rings. The number of aromatic nitrogens is 2. The highest BCUT2D eigenvalue weighted by Gasteiger charge is 2.26. The first-order valence-corrected chi connectivity index (χ1v) is 7.54. The number of aryl methyl sites for hydroxylation is 1. The number of benzene rings is 1. The van der Waals surface area contributed by atoms with Crippen molar-refractivity contribution in [2.75, 3.05) is 11.4 Å². The van der Waals surface area contributed by atoms with E-state index in [1.165, 1.54) is 12.1 Å². The van der Waals surface area contributed by atoms with E-state index in [-0.39, 0.29) is 5.82 Å². The topological polar surface area (TPSA) is 52.8 Å². The number of nitrogens with zero attached hydrogens (tertiary/aromatic N) is 4. The van der Waals surface area contributed by atoms with Crippen molar-refractivity contribution in [2.24, 2.45) is 0 Å². The number of hydrogen-bond donors (Lipinski definition) is 0. The van der Waals surface area contributed by atoms with Crippen molar-refractivity contribution in [1.29, 1.82) is 5.26 Å². The van der Waals surface area contributed by atoms with Crippen LogP contribution in [0.25, 0.3) is 0 Å². The Bertz CT molecular complexity index is 764. The van der Waals surface area contributed by atoms with E-state index in [1.807, 2.05) is 18.7 Å². The lowest BCUT2D eigenvalue weighted by molar-refractivity contribution is 0.628. The summed E-state index contributed by atoms with van der Waals surface area (Å²) in [5, 5.41) is 18.1. The van der Waals surface area contributed by atoms with Crippen LogP contribution in [-0.2, 0) is 19.3 Å². The molecule has 22 heavy (non-hydrogen) atoms. The second-order valence-electron chi connectivity index (χ2n) is 5.32. The van der Waals surface area contributed by atoms with Crippen LogP contribution in [-0.4, -0.2) is 16.7 Å². The summed E-state index contributed by atoms with van der Waals surface area (Å²) in [5.41, 5.74) is 4.23. The van der Waals surface area contributed by atoms with E-state index in [0.717, 1.165) is 41.8 Å². The summed E-state index contributed by atoms with van der Waals surface area (Å²) in [6.45, 7) is 4.71. The molecule has 1 aliphatic heterocycles. The second kappa shape index (κ2) is 5.72. The minimum absolute atomic E-state index is 0.280. The molecule has 0 saturated heterocycles. The Morgan fingerprint density at radius 1 is 1.27 bits per heavy atom. The van der Waals surface area contributed by atoms with Gasteiger partial charge in [0.15, 0.2) is 5.82 Å². The lowest BCUT2D eigenvalue weighted by Crippen LogP contribution is -2.19. The molecule has 0 amide bonds. The smallest absolute Gasteiger partial charge is 0.173 e. The van der Waals surface area contributed by atoms with Crippen LogP contribution in [0, 0.1) is 17.1 Å². The van der Waals surface area contributed by atoms with Gasteiger partial charge in [-0.3, -0.25) is 0 Å². The van der Waals surface area contributed by atoms with Crippen LogP contribution in [0.1, 0.15) is 36.2 Å². The van der Waals surface area contributed by atoms with Gasteiger partial charge in [-0.15, -0.1) is 5.10 Å². The average Bonchev–Trinajstić information content (AvgIpc) is 2.95. The van der Waals surface area contributed by atoms with Gasteiger partial charge in [-0.25, -0.2) is 4.39 Å². The largest absolute Gasteiger partial charge is 0.323 e. The minimum atomic E-state index is -0.280. The first-order valence-electron chi connectivity index (χ1n) is 7.54. The SMILES string of the molecule is CCc1nnc(N2CCc3ccc(F)cc32)c(C#N)c1CC. The Kier molecular flexibility index (Phi) is 3.76. The maximum Gasteiger partial charge on any atom is 0.173 e. The van der Waals surface area contributed by atoms with Crippen molar-refractivity contribution in [1.82, 2.24) is 10.2 Å². The summed E-state index contributed by atoms with van der Waals surface area (Å²) < 4.78 is 13.6. The predicted molar refractivity (Wildman–Crippen MR) is 82.6 cm³/mol. The predicted octanol–water partition coefficient (Wildman–Crippen LogP) is 3.31. The van der Waals surface area contributed by atoms with E-state index >= 15 is 0 Å². The maximum absolute atomic E-state index is 13.6. The lowest BCUT2D eigenvalue weighted by Gasteiger charge is -2.21. The Balaban J connectivity index is 2.16. The van der Waals surface area contributed by atoms with Crippen molar-refractivity contribution in [3.05, 3.63) is 46.4 Å². The molecule has 0 unspecified atom stereocenters. The van der Waals surface area contributed by atoms with Crippen LogP contribution < -0.4 is 4.90 Å². The molecule has 3 rings (SSSR count). The van der Waals surface area contributed by atoms with Crippen LogP contribution in [0.5, 0.6) is 0 Å². The Hall–Kier alpha value is -2.48. The van der Waals surface area contributed by atoms with E-state index in [2.05, 4.69) is 16.3 Å². The molecular weight excluding hydrogens is 279 g/mol. The van der Waals surface area contributed by atoms with Crippen LogP contribution >= 0.6 is 0 Å². The lowest BCUT2D eigenvalue weighted by atomic mass is 10.0. The Labute approximate surface area is 129 Å². The first-order chi connectivity index (χ1) is 10.7. The zero-order valence-electron chi connectivity index (χ0n) is 12.7. The third kappa shape index (κ3) is 2.21. The fourth-order valence-corrected chi connectivity index (χ4v) is 3.04. The van der Waals surface area contributed by atoms with Gasteiger partial charge in [0.2, 0.25) is 0 Å². The molecule has 0 radical (unpaired) electrons. The average molecular weight is 296 g/mol. The third-order valence-electron chi connectivity index (χ3n) is 4.14. The highest BCUT2D eigenvalue weighted by atomic mass is 19.1. The standard InChI is InChI=1S/C17H17FN4/c1-3-13-14(10-19)17(21-20-15(13)4-2)22-8-7-11-5-6-12(18)9-16(11)22/h5-6,9H,3-4,7-8H2,1-2H3. The molecule has 2 heterocycles. The number of halogens is 1. The van der Waals surface area contributed by atoms with Crippen molar-refractivity contribution in [3.8, 4) is 6.07 Å². The molecule has 0 aliphatic carbocycles. The monoisotopic (exact) mass is 296 g/mol. The molecule has 0 saturated carbocycles. The van der Waals surface area contributed by atoms with Gasteiger partial charge in [0.25, 0.3) is 0 Å². The van der Waals surface area contributed by atoms with E-state index in [4.69, 9.17) is 0 Å². The van der Waals surface area contributed by atoms with Gasteiger partial charge in [-0.1, -0.05) is 19.9 Å². The fourth-order valence-electron chi connectivity index (χ4n) is 3.04. The molecule has 0 bridgehead atoms. The molecule has 1 aromatic heterocycles. The summed E-state index contributed by atoms with van der Waals surface area (Å²) >= 11 is 0. The van der Waals surface area contributed by atoms with Crippen LogP contribution in [0.4, 0.5) is 15.9 Å². The highest BCUT2D eigenvalue weighted by Crippen LogP contribution is 2.36. The minimum Gasteiger partial charge on any atom is -0.323 e. The van der Waals surface area contributed by atoms with Crippen molar-refractivity contribution in [2.45, 2.75) is 33.1 Å². The van der Waals surface area contributed by atoms with Gasteiger partial charge in [0.05, 0.1) is 5.69 Å². The van der Waals surface area contributed by atoms with E-state index in [1.54, 1.807) is 6.07 Å². The second-order valence-corrected chi connectivity index (χ2v) is 5.32. The van der Waals surface area contributed by atoms with Crippen molar-refractivity contribution in [3.63, 3.8) is 0 Å². The number of fused-ring (bicyclic) bond motifs is 1. The zero-order valence-corrected chi connectivity index (χ0v) is 12.7. The summed E-state index contributed by atoms with van der Waals surface area (Å²) in [6, 6.07) is 7.04. The van der Waals surface area contributed by atoms with Gasteiger partial charge in [-0.2, -0.15) is 10.4 Å². The normalized spacial score (nSPS) is 13.1. The van der Waals surface area contributed by atoms with Gasteiger partial charge in [0, 0.05) is 12.2 Å². The Morgan fingerprint density at radius 3 is 2.77 bits per heavy atom. The quantitative estimate of drug-likeness (QED) is 0.872. The van der Waals surface area contributed by atoms with Gasteiger partial charge in [0.1, 0.15) is 17.4 Å². The van der Waals surface area contributed by atoms with Crippen molar-refractivity contribution < 1.29 is 4.39 Å². The molecule has 1 aromatic carbocycles. The number of rotatable bonds is 3. The summed E-state index contributed by atoms with van der Waals surface area (Å²) in [5.74, 6) is 0.263. The molecule has 1 aliphatic rings. The number of hydrogen-bond acceptors (Lipinski definition) is 4. The zero-order chi connectivity index (χ0) is 15.7. The van der Waals surface area contributed by atoms with Gasteiger partial charge < -0.3 is 4.90 Å². The summed E-state index contributed by atoms with van der Waals surface area (Å²) in [6.07, 6.45) is 2.30. The van der Waals surface area contributed by atoms with Crippen LogP contribution in [0.2, 0.25) is 0 Å². The Morgan fingerprint density at radius 2 is 2.09 bits per heavy atom. The van der Waals surface area contributed by atoms with Crippen LogP contribution in [0.3, 0.4) is 0 Å². The third-order valence-corrected chi connectivity index (χ3v) is 4.14. The van der Waals surface area contributed by atoms with Gasteiger partial charge in [-0.05, 0) is 42.5 Å². The molecule has 0 atom stereocenters. The van der Waals surface area contributed by atoms with E-state index in [9.17, 15) is 9.65 Å². The molecule has 0 spiro atoms. The molecule has 5 heteroatoms. The number of anilines is 2. The molecule has 0 N–H and O–H groups in total. The molecule has 0 fully saturated rings. The number of nitriles is 1.